The van der Waals surface area contributed by atoms with Gasteiger partial charge in [0.05, 0.1) is 6.10 Å². The number of hydrogen-bond acceptors (Lipinski definition) is 2. The molecule has 140 valence electrons. The Hall–Kier alpha value is 0.310. The van der Waals surface area contributed by atoms with Gasteiger partial charge < -0.3 is 5.11 Å². The molecule has 2 unspecified atom stereocenters. The van der Waals surface area contributed by atoms with Crippen LogP contribution in [0.2, 0.25) is 0 Å². The molecule has 1 aliphatic heterocycles. The van der Waals surface area contributed by atoms with E-state index in [0.717, 1.165) is 17.1 Å². The largest absolute Gasteiger partial charge is 0.392 e. The maximum Gasteiger partial charge on any atom is 0.0638 e. The SMILES string of the molecule is CCCC[C@]1(CC)CSC2CCCCC2[C@H](C2CCCCC2)[C@@H]1O. The lowest BCUT2D eigenvalue weighted by Crippen LogP contribution is -2.47. The van der Waals surface area contributed by atoms with Gasteiger partial charge in [0.15, 0.2) is 0 Å². The van der Waals surface area contributed by atoms with Crippen LogP contribution in [0.25, 0.3) is 0 Å². The summed E-state index contributed by atoms with van der Waals surface area (Å²) in [7, 11) is 0. The average Bonchev–Trinajstić information content (AvgIpc) is 2.76. The molecule has 3 fully saturated rings. The van der Waals surface area contributed by atoms with Gasteiger partial charge in [0.2, 0.25) is 0 Å². The summed E-state index contributed by atoms with van der Waals surface area (Å²) in [5, 5.41) is 12.6. The Morgan fingerprint density at radius 1 is 0.958 bits per heavy atom. The molecule has 2 heteroatoms. The molecule has 5 atom stereocenters. The molecule has 0 bridgehead atoms. The van der Waals surface area contributed by atoms with E-state index in [4.69, 9.17) is 0 Å². The smallest absolute Gasteiger partial charge is 0.0638 e. The summed E-state index contributed by atoms with van der Waals surface area (Å²) in [6.07, 6.45) is 17.6. The maximum atomic E-state index is 11.8. The van der Waals surface area contributed by atoms with Crippen LogP contribution >= 0.6 is 11.8 Å². The molecular formula is C22H40OS. The van der Waals surface area contributed by atoms with Crippen molar-refractivity contribution in [3.63, 3.8) is 0 Å². The molecular weight excluding hydrogens is 312 g/mol. The Morgan fingerprint density at radius 3 is 2.38 bits per heavy atom. The predicted octanol–water partition coefficient (Wildman–Crippen LogP) is 6.44. The van der Waals surface area contributed by atoms with E-state index in [0.29, 0.717) is 5.92 Å². The molecule has 1 heterocycles. The van der Waals surface area contributed by atoms with Crippen LogP contribution < -0.4 is 0 Å². The van der Waals surface area contributed by atoms with E-state index >= 15 is 0 Å². The van der Waals surface area contributed by atoms with Gasteiger partial charge in [-0.3, -0.25) is 0 Å². The highest BCUT2D eigenvalue weighted by Gasteiger charge is 2.50. The summed E-state index contributed by atoms with van der Waals surface area (Å²) in [4.78, 5) is 0. The zero-order valence-corrected chi connectivity index (χ0v) is 17.0. The fourth-order valence-corrected chi connectivity index (χ4v) is 8.10. The summed E-state index contributed by atoms with van der Waals surface area (Å²) >= 11 is 2.26. The van der Waals surface area contributed by atoms with Crippen LogP contribution in [-0.2, 0) is 0 Å². The Bertz CT molecular complexity index is 378. The first kappa shape index (κ1) is 19.1. The quantitative estimate of drug-likeness (QED) is 0.614. The van der Waals surface area contributed by atoms with Gasteiger partial charge in [-0.15, -0.1) is 0 Å². The van der Waals surface area contributed by atoms with Gasteiger partial charge in [-0.05, 0) is 43.4 Å². The molecule has 2 aliphatic carbocycles. The minimum Gasteiger partial charge on any atom is -0.392 e. The second-order valence-electron chi connectivity index (χ2n) is 9.04. The normalized spacial score (nSPS) is 41.6. The number of thioether (sulfide) groups is 1. The number of aliphatic hydroxyl groups excluding tert-OH is 1. The second kappa shape index (κ2) is 8.80. The third-order valence-electron chi connectivity index (χ3n) is 7.75. The van der Waals surface area contributed by atoms with Crippen molar-refractivity contribution in [1.29, 1.82) is 0 Å². The van der Waals surface area contributed by atoms with Gasteiger partial charge in [-0.25, -0.2) is 0 Å². The Balaban J connectivity index is 1.88. The number of rotatable bonds is 5. The van der Waals surface area contributed by atoms with E-state index in [1.807, 2.05) is 0 Å². The first-order valence-corrected chi connectivity index (χ1v) is 12.1. The summed E-state index contributed by atoms with van der Waals surface area (Å²) < 4.78 is 0. The van der Waals surface area contributed by atoms with Gasteiger partial charge in [0, 0.05) is 16.4 Å². The molecule has 1 N–H and O–H groups in total. The van der Waals surface area contributed by atoms with Crippen LogP contribution in [-0.4, -0.2) is 22.2 Å². The molecule has 0 aromatic rings. The topological polar surface area (TPSA) is 20.2 Å². The lowest BCUT2D eigenvalue weighted by molar-refractivity contribution is -0.0637. The van der Waals surface area contributed by atoms with Crippen molar-refractivity contribution in [3.05, 3.63) is 0 Å². The number of unbranched alkanes of at least 4 members (excludes halogenated alkanes) is 1. The zero-order chi connectivity index (χ0) is 17.0. The van der Waals surface area contributed by atoms with Crippen LogP contribution in [0.4, 0.5) is 0 Å². The first-order chi connectivity index (χ1) is 11.7. The Kier molecular flexibility index (Phi) is 7.00. The summed E-state index contributed by atoms with van der Waals surface area (Å²) in [6, 6.07) is 0. The van der Waals surface area contributed by atoms with Crippen LogP contribution in [0.3, 0.4) is 0 Å². The van der Waals surface area contributed by atoms with Crippen molar-refractivity contribution in [2.75, 3.05) is 5.75 Å². The standard InChI is InChI=1S/C22H40OS/c1-3-5-15-22(4-2)16-24-19-14-10-9-13-18(19)20(21(22)23)17-11-7-6-8-12-17/h17-21,23H,3-16H2,1-2H3/t18?,19?,20-,21-,22+/m0/s1. The molecule has 0 radical (unpaired) electrons. The number of hydrogen-bond donors (Lipinski definition) is 1. The molecule has 3 aliphatic rings. The molecule has 24 heavy (non-hydrogen) atoms. The molecule has 3 rings (SSSR count). The monoisotopic (exact) mass is 352 g/mol. The zero-order valence-electron chi connectivity index (χ0n) is 16.1. The van der Waals surface area contributed by atoms with E-state index in [1.54, 1.807) is 0 Å². The molecule has 1 saturated heterocycles. The van der Waals surface area contributed by atoms with Gasteiger partial charge >= 0.3 is 0 Å². The van der Waals surface area contributed by atoms with E-state index in [1.165, 1.54) is 89.2 Å². The van der Waals surface area contributed by atoms with Gasteiger partial charge in [0.25, 0.3) is 0 Å². The number of fused-ring (bicyclic) bond motifs is 1. The van der Waals surface area contributed by atoms with Crippen molar-refractivity contribution in [3.8, 4) is 0 Å². The fourth-order valence-electron chi connectivity index (χ4n) is 6.14. The van der Waals surface area contributed by atoms with Crippen molar-refractivity contribution in [2.45, 2.75) is 109 Å². The molecule has 0 aromatic carbocycles. The third-order valence-corrected chi connectivity index (χ3v) is 9.51. The average molecular weight is 353 g/mol. The minimum atomic E-state index is -0.0438. The van der Waals surface area contributed by atoms with Gasteiger partial charge in [0.1, 0.15) is 0 Å². The second-order valence-corrected chi connectivity index (χ2v) is 10.3. The molecule has 0 aromatic heterocycles. The maximum absolute atomic E-state index is 11.8. The fraction of sp³-hybridized carbons (Fsp3) is 1.00. The lowest BCUT2D eigenvalue weighted by atomic mass is 9.61. The van der Waals surface area contributed by atoms with Crippen molar-refractivity contribution in [2.24, 2.45) is 23.2 Å². The summed E-state index contributed by atoms with van der Waals surface area (Å²) in [5.41, 5.74) is 0.195. The molecule has 0 spiro atoms. The van der Waals surface area contributed by atoms with E-state index in [9.17, 15) is 5.11 Å². The summed E-state index contributed by atoms with van der Waals surface area (Å²) in [6.45, 7) is 4.66. The molecule has 0 amide bonds. The van der Waals surface area contributed by atoms with E-state index < -0.39 is 0 Å². The highest BCUT2D eigenvalue weighted by Crippen LogP contribution is 2.54. The van der Waals surface area contributed by atoms with Crippen LogP contribution in [0.15, 0.2) is 0 Å². The van der Waals surface area contributed by atoms with Gasteiger partial charge in [-0.2, -0.15) is 11.8 Å². The summed E-state index contributed by atoms with van der Waals surface area (Å²) in [5.74, 6) is 3.43. The van der Waals surface area contributed by atoms with Crippen LogP contribution in [0.5, 0.6) is 0 Å². The van der Waals surface area contributed by atoms with Crippen molar-refractivity contribution < 1.29 is 5.11 Å². The van der Waals surface area contributed by atoms with E-state index in [-0.39, 0.29) is 11.5 Å². The van der Waals surface area contributed by atoms with Crippen molar-refractivity contribution in [1.82, 2.24) is 0 Å². The van der Waals surface area contributed by atoms with Crippen LogP contribution in [0.1, 0.15) is 97.3 Å². The Labute approximate surface area is 154 Å². The number of aliphatic hydroxyl groups is 1. The lowest BCUT2D eigenvalue weighted by Gasteiger charge is -2.46. The highest BCUT2D eigenvalue weighted by atomic mass is 32.2. The van der Waals surface area contributed by atoms with Gasteiger partial charge in [-0.1, -0.05) is 71.6 Å². The van der Waals surface area contributed by atoms with Crippen LogP contribution in [0, 0.1) is 23.2 Å². The first-order valence-electron chi connectivity index (χ1n) is 11.0. The Morgan fingerprint density at radius 2 is 1.67 bits per heavy atom. The molecule has 1 nitrogen and oxygen atoms in total. The third kappa shape index (κ3) is 3.85. The predicted molar refractivity (Wildman–Crippen MR) is 107 cm³/mol. The highest BCUT2D eigenvalue weighted by molar-refractivity contribution is 7.99. The van der Waals surface area contributed by atoms with Crippen molar-refractivity contribution >= 4 is 11.8 Å². The minimum absolute atomic E-state index is 0.0438. The van der Waals surface area contributed by atoms with E-state index in [2.05, 4.69) is 25.6 Å². The molecule has 2 saturated carbocycles.